The van der Waals surface area contributed by atoms with Gasteiger partial charge in [0.05, 0.1) is 5.92 Å². The minimum Gasteiger partial charge on any atom is -0.316 e. The molecule has 0 saturated carbocycles. The molecule has 1 amide bonds. The first-order valence-corrected chi connectivity index (χ1v) is 5.13. The van der Waals surface area contributed by atoms with Crippen LogP contribution in [0.3, 0.4) is 0 Å². The summed E-state index contributed by atoms with van der Waals surface area (Å²) in [4.78, 5) is 15.7. The van der Waals surface area contributed by atoms with Gasteiger partial charge in [0.1, 0.15) is 6.33 Å². The molecule has 0 radical (unpaired) electrons. The van der Waals surface area contributed by atoms with Crippen molar-refractivity contribution in [2.75, 3.05) is 18.4 Å². The molecule has 2 heterocycles. The monoisotopic (exact) mass is 209 g/mol. The molecule has 1 aliphatic rings. The SMILES string of the molecule is Cn1ncnc1NC(=O)[C@H]1CCCNC1. The van der Waals surface area contributed by atoms with Crippen molar-refractivity contribution in [2.24, 2.45) is 13.0 Å². The number of nitrogens with one attached hydrogen (secondary N) is 2. The molecule has 15 heavy (non-hydrogen) atoms. The predicted molar refractivity (Wildman–Crippen MR) is 55.2 cm³/mol. The highest BCUT2D eigenvalue weighted by Crippen LogP contribution is 2.12. The third kappa shape index (κ3) is 2.33. The van der Waals surface area contributed by atoms with Crippen LogP contribution in [0.1, 0.15) is 12.8 Å². The number of nitrogens with zero attached hydrogens (tertiary/aromatic N) is 3. The lowest BCUT2D eigenvalue weighted by Gasteiger charge is -2.21. The molecule has 0 unspecified atom stereocenters. The van der Waals surface area contributed by atoms with E-state index in [1.165, 1.54) is 6.33 Å². The van der Waals surface area contributed by atoms with E-state index in [9.17, 15) is 4.79 Å². The molecule has 1 saturated heterocycles. The summed E-state index contributed by atoms with van der Waals surface area (Å²) in [5.41, 5.74) is 0. The van der Waals surface area contributed by atoms with Crippen LogP contribution in [0.5, 0.6) is 0 Å². The maximum atomic E-state index is 11.8. The fraction of sp³-hybridized carbons (Fsp3) is 0.667. The fourth-order valence-corrected chi connectivity index (χ4v) is 1.70. The van der Waals surface area contributed by atoms with Crippen molar-refractivity contribution in [3.05, 3.63) is 6.33 Å². The third-order valence-electron chi connectivity index (χ3n) is 2.61. The van der Waals surface area contributed by atoms with E-state index < -0.39 is 0 Å². The van der Waals surface area contributed by atoms with Gasteiger partial charge in [-0.15, -0.1) is 0 Å². The molecule has 1 aromatic rings. The van der Waals surface area contributed by atoms with Crippen molar-refractivity contribution in [3.8, 4) is 0 Å². The largest absolute Gasteiger partial charge is 0.316 e. The van der Waals surface area contributed by atoms with E-state index in [0.29, 0.717) is 5.95 Å². The number of aromatic nitrogens is 3. The molecule has 1 fully saturated rings. The summed E-state index contributed by atoms with van der Waals surface area (Å²) in [5, 5.41) is 9.87. The number of carbonyl (C=O) groups is 1. The molecule has 1 aliphatic heterocycles. The van der Waals surface area contributed by atoms with Crippen molar-refractivity contribution in [2.45, 2.75) is 12.8 Å². The summed E-state index contributed by atoms with van der Waals surface area (Å²) in [7, 11) is 1.75. The third-order valence-corrected chi connectivity index (χ3v) is 2.61. The van der Waals surface area contributed by atoms with Crippen LogP contribution in [0.2, 0.25) is 0 Å². The first-order valence-electron chi connectivity index (χ1n) is 5.13. The standard InChI is InChI=1S/C9H15N5O/c1-14-9(11-6-12-14)13-8(15)7-3-2-4-10-5-7/h6-7,10H,2-5H2,1H3,(H,11,12,13,15)/t7-/m0/s1. The maximum Gasteiger partial charge on any atom is 0.231 e. The topological polar surface area (TPSA) is 71.8 Å². The van der Waals surface area contributed by atoms with E-state index in [-0.39, 0.29) is 11.8 Å². The molecule has 1 atom stereocenters. The van der Waals surface area contributed by atoms with Crippen LogP contribution in [0, 0.1) is 5.92 Å². The summed E-state index contributed by atoms with van der Waals surface area (Å²) >= 11 is 0. The van der Waals surface area contributed by atoms with Gasteiger partial charge in [0.2, 0.25) is 11.9 Å². The second kappa shape index (κ2) is 4.39. The molecule has 0 aliphatic carbocycles. The van der Waals surface area contributed by atoms with Crippen LogP contribution in [-0.2, 0) is 11.8 Å². The molecule has 0 bridgehead atoms. The van der Waals surface area contributed by atoms with Gasteiger partial charge in [-0.2, -0.15) is 10.1 Å². The van der Waals surface area contributed by atoms with Crippen molar-refractivity contribution in [1.82, 2.24) is 20.1 Å². The van der Waals surface area contributed by atoms with Crippen LogP contribution in [0.4, 0.5) is 5.95 Å². The van der Waals surface area contributed by atoms with E-state index in [0.717, 1.165) is 25.9 Å². The van der Waals surface area contributed by atoms with Gasteiger partial charge < -0.3 is 5.32 Å². The summed E-state index contributed by atoms with van der Waals surface area (Å²) in [6.07, 6.45) is 3.42. The highest BCUT2D eigenvalue weighted by Gasteiger charge is 2.21. The van der Waals surface area contributed by atoms with Gasteiger partial charge >= 0.3 is 0 Å². The molecule has 6 heteroatoms. The van der Waals surface area contributed by atoms with Crippen molar-refractivity contribution in [3.63, 3.8) is 0 Å². The van der Waals surface area contributed by atoms with E-state index in [2.05, 4.69) is 20.7 Å². The van der Waals surface area contributed by atoms with Crippen LogP contribution < -0.4 is 10.6 Å². The average molecular weight is 209 g/mol. The van der Waals surface area contributed by atoms with Gasteiger partial charge in [-0.25, -0.2) is 4.68 Å². The number of hydrogen-bond donors (Lipinski definition) is 2. The zero-order chi connectivity index (χ0) is 10.7. The van der Waals surface area contributed by atoms with Crippen LogP contribution in [-0.4, -0.2) is 33.8 Å². The van der Waals surface area contributed by atoms with E-state index >= 15 is 0 Å². The van der Waals surface area contributed by atoms with Crippen molar-refractivity contribution in [1.29, 1.82) is 0 Å². The summed E-state index contributed by atoms with van der Waals surface area (Å²) in [5.74, 6) is 0.583. The van der Waals surface area contributed by atoms with Gasteiger partial charge in [0.15, 0.2) is 0 Å². The Labute approximate surface area is 88.1 Å². The summed E-state index contributed by atoms with van der Waals surface area (Å²) in [6, 6.07) is 0. The van der Waals surface area contributed by atoms with Gasteiger partial charge in [0, 0.05) is 13.6 Å². The maximum absolute atomic E-state index is 11.8. The first-order chi connectivity index (χ1) is 7.27. The Hall–Kier alpha value is -1.43. The normalized spacial score (nSPS) is 21.3. The summed E-state index contributed by atoms with van der Waals surface area (Å²) < 4.78 is 1.55. The van der Waals surface area contributed by atoms with Crippen LogP contribution >= 0.6 is 0 Å². The van der Waals surface area contributed by atoms with E-state index in [1.807, 2.05) is 0 Å². The minimum absolute atomic E-state index is 0.0262. The van der Waals surface area contributed by atoms with E-state index in [4.69, 9.17) is 0 Å². The lowest BCUT2D eigenvalue weighted by Crippen LogP contribution is -2.37. The lowest BCUT2D eigenvalue weighted by atomic mass is 9.99. The molecule has 2 N–H and O–H groups in total. The van der Waals surface area contributed by atoms with Gasteiger partial charge in [-0.3, -0.25) is 10.1 Å². The van der Waals surface area contributed by atoms with Gasteiger partial charge in [-0.1, -0.05) is 0 Å². The average Bonchev–Trinajstić information content (AvgIpc) is 2.66. The number of piperidine rings is 1. The van der Waals surface area contributed by atoms with E-state index in [1.54, 1.807) is 11.7 Å². The molecule has 82 valence electrons. The smallest absolute Gasteiger partial charge is 0.231 e. The number of hydrogen-bond acceptors (Lipinski definition) is 4. The van der Waals surface area contributed by atoms with Crippen LogP contribution in [0.25, 0.3) is 0 Å². The quantitative estimate of drug-likeness (QED) is 0.704. The Morgan fingerprint density at radius 2 is 2.60 bits per heavy atom. The number of amides is 1. The summed E-state index contributed by atoms with van der Waals surface area (Å²) in [6.45, 7) is 1.76. The molecular weight excluding hydrogens is 194 g/mol. The molecular formula is C9H15N5O. The Kier molecular flexibility index (Phi) is 2.96. The second-order valence-corrected chi connectivity index (χ2v) is 3.74. The molecule has 2 rings (SSSR count). The fourth-order valence-electron chi connectivity index (χ4n) is 1.70. The second-order valence-electron chi connectivity index (χ2n) is 3.74. The Morgan fingerprint density at radius 1 is 1.73 bits per heavy atom. The van der Waals surface area contributed by atoms with Crippen LogP contribution in [0.15, 0.2) is 6.33 Å². The number of carbonyl (C=O) groups excluding carboxylic acids is 1. The zero-order valence-corrected chi connectivity index (χ0v) is 8.73. The van der Waals surface area contributed by atoms with Crippen molar-refractivity contribution >= 4 is 11.9 Å². The zero-order valence-electron chi connectivity index (χ0n) is 8.73. The highest BCUT2D eigenvalue weighted by atomic mass is 16.2. The number of anilines is 1. The van der Waals surface area contributed by atoms with Gasteiger partial charge in [0.25, 0.3) is 0 Å². The lowest BCUT2D eigenvalue weighted by molar-refractivity contribution is -0.120. The first kappa shape index (κ1) is 10.1. The molecule has 1 aromatic heterocycles. The number of rotatable bonds is 2. The predicted octanol–water partition coefficient (Wildman–Crippen LogP) is -0.247. The molecule has 0 spiro atoms. The Balaban J connectivity index is 1.94. The Bertz CT molecular complexity index is 342. The minimum atomic E-state index is 0.0262. The van der Waals surface area contributed by atoms with Crippen molar-refractivity contribution < 1.29 is 4.79 Å². The number of aryl methyl sites for hydroxylation is 1. The highest BCUT2D eigenvalue weighted by molar-refractivity contribution is 5.91. The molecule has 6 nitrogen and oxygen atoms in total. The molecule has 0 aromatic carbocycles. The Morgan fingerprint density at radius 3 is 3.20 bits per heavy atom. The van der Waals surface area contributed by atoms with Gasteiger partial charge in [-0.05, 0) is 19.4 Å².